The standard InChI is InChI=1S/C12H15F3N2O/c13-12(14,15)18-11-5-1-3-9(7-11)17-8-10-4-2-6-16-10/h1,3,5,7,10,16-17H,2,4,6,8H2. The lowest BCUT2D eigenvalue weighted by Gasteiger charge is -2.14. The van der Waals surface area contributed by atoms with Crippen LogP contribution in [0.15, 0.2) is 24.3 Å². The molecule has 1 heterocycles. The van der Waals surface area contributed by atoms with Crippen LogP contribution in [0.3, 0.4) is 0 Å². The molecule has 0 aliphatic carbocycles. The van der Waals surface area contributed by atoms with Gasteiger partial charge in [-0.05, 0) is 31.5 Å². The number of ether oxygens (including phenoxy) is 1. The van der Waals surface area contributed by atoms with Crippen molar-refractivity contribution in [2.75, 3.05) is 18.4 Å². The highest BCUT2D eigenvalue weighted by Crippen LogP contribution is 2.25. The molecule has 1 aliphatic rings. The van der Waals surface area contributed by atoms with Gasteiger partial charge in [0.2, 0.25) is 0 Å². The van der Waals surface area contributed by atoms with Crippen molar-refractivity contribution in [1.29, 1.82) is 0 Å². The zero-order chi connectivity index (χ0) is 13.0. The second-order valence-corrected chi connectivity index (χ2v) is 4.25. The van der Waals surface area contributed by atoms with Gasteiger partial charge < -0.3 is 15.4 Å². The van der Waals surface area contributed by atoms with E-state index in [1.54, 1.807) is 6.07 Å². The Hall–Kier alpha value is -1.43. The molecule has 1 fully saturated rings. The summed E-state index contributed by atoms with van der Waals surface area (Å²) in [4.78, 5) is 0. The molecule has 0 bridgehead atoms. The van der Waals surface area contributed by atoms with Crippen molar-refractivity contribution in [2.24, 2.45) is 0 Å². The van der Waals surface area contributed by atoms with E-state index >= 15 is 0 Å². The number of hydrogen-bond acceptors (Lipinski definition) is 3. The minimum absolute atomic E-state index is 0.202. The van der Waals surface area contributed by atoms with Gasteiger partial charge >= 0.3 is 6.36 Å². The number of anilines is 1. The van der Waals surface area contributed by atoms with Gasteiger partial charge in [0.1, 0.15) is 5.75 Å². The molecule has 1 unspecified atom stereocenters. The summed E-state index contributed by atoms with van der Waals surface area (Å²) >= 11 is 0. The normalized spacial score (nSPS) is 19.8. The third-order valence-corrected chi connectivity index (χ3v) is 2.78. The first-order valence-corrected chi connectivity index (χ1v) is 5.86. The van der Waals surface area contributed by atoms with Crippen LogP contribution in [0.1, 0.15) is 12.8 Å². The van der Waals surface area contributed by atoms with Crippen LogP contribution in [0.5, 0.6) is 5.75 Å². The molecule has 1 saturated heterocycles. The maximum atomic E-state index is 12.1. The van der Waals surface area contributed by atoms with Crippen LogP contribution in [0.4, 0.5) is 18.9 Å². The van der Waals surface area contributed by atoms with E-state index in [1.165, 1.54) is 18.2 Å². The summed E-state index contributed by atoms with van der Waals surface area (Å²) in [6.07, 6.45) is -2.42. The summed E-state index contributed by atoms with van der Waals surface area (Å²) in [5.74, 6) is -0.202. The van der Waals surface area contributed by atoms with E-state index in [0.29, 0.717) is 18.3 Å². The quantitative estimate of drug-likeness (QED) is 0.873. The van der Waals surface area contributed by atoms with Crippen molar-refractivity contribution in [3.63, 3.8) is 0 Å². The van der Waals surface area contributed by atoms with Gasteiger partial charge in [-0.2, -0.15) is 0 Å². The maximum absolute atomic E-state index is 12.1. The Morgan fingerprint density at radius 3 is 2.89 bits per heavy atom. The maximum Gasteiger partial charge on any atom is 0.573 e. The third-order valence-electron chi connectivity index (χ3n) is 2.78. The molecule has 1 atom stereocenters. The van der Waals surface area contributed by atoms with Crippen LogP contribution in [-0.4, -0.2) is 25.5 Å². The second kappa shape index (κ2) is 5.48. The van der Waals surface area contributed by atoms with Gasteiger partial charge in [-0.3, -0.25) is 0 Å². The molecule has 100 valence electrons. The Morgan fingerprint density at radius 2 is 2.22 bits per heavy atom. The van der Waals surface area contributed by atoms with E-state index in [0.717, 1.165) is 19.4 Å². The van der Waals surface area contributed by atoms with Gasteiger partial charge in [-0.1, -0.05) is 6.07 Å². The number of halogens is 3. The van der Waals surface area contributed by atoms with Crippen molar-refractivity contribution < 1.29 is 17.9 Å². The number of benzene rings is 1. The Bertz CT molecular complexity index is 389. The predicted molar refractivity (Wildman–Crippen MR) is 62.6 cm³/mol. The molecule has 0 amide bonds. The van der Waals surface area contributed by atoms with E-state index in [1.807, 2.05) is 0 Å². The SMILES string of the molecule is FC(F)(F)Oc1cccc(NCC2CCCN2)c1. The highest BCUT2D eigenvalue weighted by Gasteiger charge is 2.31. The number of rotatable bonds is 4. The van der Waals surface area contributed by atoms with Gasteiger partial charge in [0.15, 0.2) is 0 Å². The van der Waals surface area contributed by atoms with Crippen molar-refractivity contribution >= 4 is 5.69 Å². The molecule has 0 radical (unpaired) electrons. The third kappa shape index (κ3) is 4.10. The summed E-state index contributed by atoms with van der Waals surface area (Å²) in [6, 6.07) is 6.27. The van der Waals surface area contributed by atoms with Gasteiger partial charge in [0, 0.05) is 24.3 Å². The molecule has 0 spiro atoms. The van der Waals surface area contributed by atoms with Crippen LogP contribution in [0.25, 0.3) is 0 Å². The average Bonchev–Trinajstić information content (AvgIpc) is 2.77. The average molecular weight is 260 g/mol. The molecule has 3 nitrogen and oxygen atoms in total. The van der Waals surface area contributed by atoms with E-state index in [2.05, 4.69) is 15.4 Å². The Kier molecular flexibility index (Phi) is 3.96. The predicted octanol–water partition coefficient (Wildman–Crippen LogP) is 2.75. The van der Waals surface area contributed by atoms with E-state index in [4.69, 9.17) is 0 Å². The molecular weight excluding hydrogens is 245 g/mol. The minimum atomic E-state index is -4.65. The lowest BCUT2D eigenvalue weighted by molar-refractivity contribution is -0.274. The first-order valence-electron chi connectivity index (χ1n) is 5.86. The molecule has 2 rings (SSSR count). The Labute approximate surface area is 103 Å². The second-order valence-electron chi connectivity index (χ2n) is 4.25. The van der Waals surface area contributed by atoms with E-state index < -0.39 is 6.36 Å². The fourth-order valence-electron chi connectivity index (χ4n) is 1.98. The van der Waals surface area contributed by atoms with Crippen LogP contribution >= 0.6 is 0 Å². The van der Waals surface area contributed by atoms with Crippen LogP contribution in [0, 0.1) is 0 Å². The van der Waals surface area contributed by atoms with Crippen molar-refractivity contribution in [3.8, 4) is 5.75 Å². The molecular formula is C12H15F3N2O. The summed E-state index contributed by atoms with van der Waals surface area (Å²) in [5, 5.41) is 6.41. The minimum Gasteiger partial charge on any atom is -0.406 e. The molecule has 1 aromatic carbocycles. The van der Waals surface area contributed by atoms with Crippen molar-refractivity contribution in [3.05, 3.63) is 24.3 Å². The number of alkyl halides is 3. The summed E-state index contributed by atoms with van der Waals surface area (Å²) in [7, 11) is 0. The van der Waals surface area contributed by atoms with Crippen molar-refractivity contribution in [2.45, 2.75) is 25.2 Å². The number of hydrogen-bond donors (Lipinski definition) is 2. The zero-order valence-corrected chi connectivity index (χ0v) is 9.76. The van der Waals surface area contributed by atoms with Gasteiger partial charge in [0.25, 0.3) is 0 Å². The topological polar surface area (TPSA) is 33.3 Å². The van der Waals surface area contributed by atoms with E-state index in [-0.39, 0.29) is 5.75 Å². The highest BCUT2D eigenvalue weighted by molar-refractivity contribution is 5.48. The lowest BCUT2D eigenvalue weighted by Crippen LogP contribution is -2.29. The summed E-state index contributed by atoms with van der Waals surface area (Å²) in [6.45, 7) is 1.71. The largest absolute Gasteiger partial charge is 0.573 e. The fraction of sp³-hybridized carbons (Fsp3) is 0.500. The molecule has 2 N–H and O–H groups in total. The molecule has 0 aromatic heterocycles. The smallest absolute Gasteiger partial charge is 0.406 e. The highest BCUT2D eigenvalue weighted by atomic mass is 19.4. The first kappa shape index (κ1) is 13.0. The molecule has 6 heteroatoms. The Balaban J connectivity index is 1.90. The summed E-state index contributed by atoms with van der Waals surface area (Å²) < 4.78 is 40.0. The van der Waals surface area contributed by atoms with Crippen LogP contribution in [-0.2, 0) is 0 Å². The van der Waals surface area contributed by atoms with Gasteiger partial charge in [0.05, 0.1) is 0 Å². The van der Waals surface area contributed by atoms with Crippen molar-refractivity contribution in [1.82, 2.24) is 5.32 Å². The number of nitrogens with one attached hydrogen (secondary N) is 2. The monoisotopic (exact) mass is 260 g/mol. The van der Waals surface area contributed by atoms with Gasteiger partial charge in [-0.25, -0.2) is 0 Å². The zero-order valence-electron chi connectivity index (χ0n) is 9.76. The van der Waals surface area contributed by atoms with Crippen LogP contribution < -0.4 is 15.4 Å². The molecule has 1 aliphatic heterocycles. The fourth-order valence-corrected chi connectivity index (χ4v) is 1.98. The summed E-state index contributed by atoms with van der Waals surface area (Å²) in [5.41, 5.74) is 0.630. The van der Waals surface area contributed by atoms with Crippen LogP contribution in [0.2, 0.25) is 0 Å². The molecule has 0 saturated carbocycles. The molecule has 1 aromatic rings. The Morgan fingerprint density at radius 1 is 1.39 bits per heavy atom. The molecule has 18 heavy (non-hydrogen) atoms. The lowest BCUT2D eigenvalue weighted by atomic mass is 10.2. The van der Waals surface area contributed by atoms with Gasteiger partial charge in [-0.15, -0.1) is 13.2 Å². The van der Waals surface area contributed by atoms with E-state index in [9.17, 15) is 13.2 Å². The first-order chi connectivity index (χ1) is 8.53.